The number of nitrogens with one attached hydrogen (secondary N) is 1. The van der Waals surface area contributed by atoms with Crippen molar-refractivity contribution in [3.05, 3.63) is 35.2 Å². The third kappa shape index (κ3) is 4.18. The van der Waals surface area contributed by atoms with Crippen molar-refractivity contribution in [3.8, 4) is 0 Å². The maximum absolute atomic E-state index is 11.8. The molecule has 20 heavy (non-hydrogen) atoms. The Kier molecular flexibility index (Phi) is 4.92. The molecular weight excluding hydrogens is 298 g/mol. The van der Waals surface area contributed by atoms with Crippen LogP contribution in [0.5, 0.6) is 0 Å². The molecule has 0 spiro atoms. The summed E-state index contributed by atoms with van der Waals surface area (Å²) in [7, 11) is 0. The van der Waals surface area contributed by atoms with Crippen LogP contribution in [0.25, 0.3) is 0 Å². The maximum atomic E-state index is 11.8. The zero-order chi connectivity index (χ0) is 14.5. The normalized spacial score (nSPS) is 10.5. The van der Waals surface area contributed by atoms with Gasteiger partial charge >= 0.3 is 0 Å². The van der Waals surface area contributed by atoms with E-state index in [-0.39, 0.29) is 5.91 Å². The molecule has 2 rings (SSSR count). The second-order valence-corrected chi connectivity index (χ2v) is 5.62. The molecule has 106 valence electrons. The van der Waals surface area contributed by atoms with Gasteiger partial charge in [-0.25, -0.2) is 4.98 Å². The number of oxazole rings is 1. The van der Waals surface area contributed by atoms with E-state index in [1.165, 1.54) is 11.8 Å². The van der Waals surface area contributed by atoms with Crippen LogP contribution in [0.1, 0.15) is 12.1 Å². The summed E-state index contributed by atoms with van der Waals surface area (Å²) in [5, 5.41) is 3.82. The summed E-state index contributed by atoms with van der Waals surface area (Å²) in [5.41, 5.74) is 7.59. The highest BCUT2D eigenvalue weighted by molar-refractivity contribution is 7.99. The Hall–Kier alpha value is -1.66. The molecule has 0 atom stereocenters. The van der Waals surface area contributed by atoms with Crippen LogP contribution in [0.4, 0.5) is 11.4 Å². The number of benzene rings is 1. The van der Waals surface area contributed by atoms with Crippen molar-refractivity contribution < 1.29 is 9.21 Å². The Morgan fingerprint density at radius 1 is 1.55 bits per heavy atom. The summed E-state index contributed by atoms with van der Waals surface area (Å²) in [4.78, 5) is 15.9. The number of nitrogen functional groups attached to an aromatic ring is 1. The molecule has 1 aromatic carbocycles. The Morgan fingerprint density at radius 2 is 2.35 bits per heavy atom. The number of amides is 1. The monoisotopic (exact) mass is 311 g/mol. The van der Waals surface area contributed by atoms with Gasteiger partial charge in [-0.1, -0.05) is 23.4 Å². The fraction of sp³-hybridized carbons (Fsp3) is 0.231. The number of halogens is 1. The van der Waals surface area contributed by atoms with E-state index < -0.39 is 0 Å². The van der Waals surface area contributed by atoms with Gasteiger partial charge in [-0.3, -0.25) is 4.79 Å². The topological polar surface area (TPSA) is 81.2 Å². The van der Waals surface area contributed by atoms with E-state index in [0.717, 1.165) is 5.69 Å². The molecule has 3 N–H and O–H groups in total. The van der Waals surface area contributed by atoms with Crippen molar-refractivity contribution in [3.63, 3.8) is 0 Å². The quantitative estimate of drug-likeness (QED) is 0.654. The molecule has 0 fully saturated rings. The van der Waals surface area contributed by atoms with Crippen LogP contribution in [0.15, 0.2) is 34.1 Å². The largest absolute Gasteiger partial charge is 0.440 e. The lowest BCUT2D eigenvalue weighted by atomic mass is 10.2. The van der Waals surface area contributed by atoms with Crippen molar-refractivity contribution in [1.29, 1.82) is 0 Å². The standard InChI is InChI=1S/C13H14ClN3O2S/c1-8-7-19-13(16-8)20-5-4-12(18)17-11-6-9(14)2-3-10(11)15/h2-3,6-7H,4-5,15H2,1H3,(H,17,18). The lowest BCUT2D eigenvalue weighted by Crippen LogP contribution is -2.13. The molecular formula is C13H14ClN3O2S. The van der Waals surface area contributed by atoms with Gasteiger partial charge in [0.2, 0.25) is 5.91 Å². The summed E-state index contributed by atoms with van der Waals surface area (Å²) in [6.45, 7) is 1.85. The first kappa shape index (κ1) is 14.7. The zero-order valence-electron chi connectivity index (χ0n) is 10.9. The van der Waals surface area contributed by atoms with E-state index in [4.69, 9.17) is 21.8 Å². The van der Waals surface area contributed by atoms with Crippen molar-refractivity contribution in [2.75, 3.05) is 16.8 Å². The molecule has 0 unspecified atom stereocenters. The van der Waals surface area contributed by atoms with Gasteiger partial charge in [-0.05, 0) is 25.1 Å². The molecule has 0 saturated carbocycles. The fourth-order valence-electron chi connectivity index (χ4n) is 1.48. The zero-order valence-corrected chi connectivity index (χ0v) is 12.4. The Balaban J connectivity index is 1.82. The summed E-state index contributed by atoms with van der Waals surface area (Å²) in [6.07, 6.45) is 1.91. The van der Waals surface area contributed by atoms with Crippen LogP contribution in [0.2, 0.25) is 5.02 Å². The number of anilines is 2. The number of aromatic nitrogens is 1. The molecule has 1 aromatic heterocycles. The Labute approximate surface area is 125 Å². The molecule has 1 amide bonds. The average Bonchev–Trinajstić information content (AvgIpc) is 2.80. The van der Waals surface area contributed by atoms with Crippen LogP contribution in [-0.4, -0.2) is 16.6 Å². The second kappa shape index (κ2) is 6.67. The number of carbonyl (C=O) groups excluding carboxylic acids is 1. The number of thioether (sulfide) groups is 1. The van der Waals surface area contributed by atoms with Gasteiger partial charge in [0.1, 0.15) is 6.26 Å². The summed E-state index contributed by atoms with van der Waals surface area (Å²) in [5.74, 6) is 0.446. The fourth-order valence-corrected chi connectivity index (χ4v) is 2.44. The lowest BCUT2D eigenvalue weighted by Gasteiger charge is -2.08. The van der Waals surface area contributed by atoms with Crippen molar-refractivity contribution in [2.24, 2.45) is 0 Å². The van der Waals surface area contributed by atoms with Crippen molar-refractivity contribution >= 4 is 40.6 Å². The molecule has 7 heteroatoms. The van der Waals surface area contributed by atoms with E-state index in [2.05, 4.69) is 10.3 Å². The third-order valence-corrected chi connectivity index (χ3v) is 3.52. The van der Waals surface area contributed by atoms with Crippen LogP contribution >= 0.6 is 23.4 Å². The first-order chi connectivity index (χ1) is 9.54. The smallest absolute Gasteiger partial charge is 0.255 e. The number of carbonyl (C=O) groups is 1. The highest BCUT2D eigenvalue weighted by atomic mass is 35.5. The van der Waals surface area contributed by atoms with E-state index >= 15 is 0 Å². The van der Waals surface area contributed by atoms with Crippen LogP contribution in [-0.2, 0) is 4.79 Å². The minimum absolute atomic E-state index is 0.130. The number of hydrogen-bond donors (Lipinski definition) is 2. The molecule has 0 saturated heterocycles. The predicted octanol–water partition coefficient (Wildman–Crippen LogP) is 3.34. The molecule has 2 aromatic rings. The molecule has 5 nitrogen and oxygen atoms in total. The first-order valence-corrected chi connectivity index (χ1v) is 7.31. The summed E-state index contributed by atoms with van der Waals surface area (Å²) < 4.78 is 5.18. The van der Waals surface area contributed by atoms with Crippen LogP contribution in [0, 0.1) is 6.92 Å². The first-order valence-electron chi connectivity index (χ1n) is 5.94. The number of nitrogens with two attached hydrogens (primary N) is 1. The van der Waals surface area contributed by atoms with Gasteiger partial charge in [0, 0.05) is 17.2 Å². The molecule has 0 aliphatic rings. The molecule has 0 bridgehead atoms. The van der Waals surface area contributed by atoms with E-state index in [0.29, 0.717) is 33.8 Å². The predicted molar refractivity (Wildman–Crippen MR) is 81.1 cm³/mol. The minimum atomic E-state index is -0.130. The van der Waals surface area contributed by atoms with Gasteiger partial charge in [-0.15, -0.1) is 0 Å². The summed E-state index contributed by atoms with van der Waals surface area (Å²) in [6, 6.07) is 4.95. The number of hydrogen-bond acceptors (Lipinski definition) is 5. The Bertz CT molecular complexity index is 615. The Morgan fingerprint density at radius 3 is 3.05 bits per heavy atom. The van der Waals surface area contributed by atoms with Crippen LogP contribution in [0.3, 0.4) is 0 Å². The van der Waals surface area contributed by atoms with E-state index in [9.17, 15) is 4.79 Å². The lowest BCUT2D eigenvalue weighted by molar-refractivity contribution is -0.115. The van der Waals surface area contributed by atoms with E-state index in [1.54, 1.807) is 24.5 Å². The average molecular weight is 312 g/mol. The van der Waals surface area contributed by atoms with Gasteiger partial charge in [-0.2, -0.15) is 0 Å². The van der Waals surface area contributed by atoms with Crippen molar-refractivity contribution in [2.45, 2.75) is 18.6 Å². The minimum Gasteiger partial charge on any atom is -0.440 e. The van der Waals surface area contributed by atoms with Gasteiger partial charge in [0.05, 0.1) is 17.1 Å². The molecule has 1 heterocycles. The molecule has 0 aliphatic heterocycles. The van der Waals surface area contributed by atoms with Crippen LogP contribution < -0.4 is 11.1 Å². The highest BCUT2D eigenvalue weighted by Gasteiger charge is 2.08. The maximum Gasteiger partial charge on any atom is 0.255 e. The molecule has 0 aliphatic carbocycles. The van der Waals surface area contributed by atoms with Crippen molar-refractivity contribution in [1.82, 2.24) is 4.98 Å². The van der Waals surface area contributed by atoms with E-state index in [1.807, 2.05) is 6.92 Å². The highest BCUT2D eigenvalue weighted by Crippen LogP contribution is 2.23. The van der Waals surface area contributed by atoms with Gasteiger partial charge < -0.3 is 15.5 Å². The third-order valence-electron chi connectivity index (χ3n) is 2.44. The molecule has 0 radical (unpaired) electrons. The number of aryl methyl sites for hydroxylation is 1. The number of rotatable bonds is 5. The SMILES string of the molecule is Cc1coc(SCCC(=O)Nc2cc(Cl)ccc2N)n1. The van der Waals surface area contributed by atoms with Gasteiger partial charge in [0.25, 0.3) is 5.22 Å². The second-order valence-electron chi connectivity index (χ2n) is 4.13. The summed E-state index contributed by atoms with van der Waals surface area (Å²) >= 11 is 7.25. The van der Waals surface area contributed by atoms with Gasteiger partial charge in [0.15, 0.2) is 0 Å². The number of nitrogens with zero attached hydrogens (tertiary/aromatic N) is 1.